The number of halogens is 2. The Morgan fingerprint density at radius 3 is 2.50 bits per heavy atom. The molecule has 0 heterocycles. The van der Waals surface area contributed by atoms with Crippen LogP contribution in [0.1, 0.15) is 36.1 Å². The van der Waals surface area contributed by atoms with Crippen LogP contribution < -0.4 is 5.32 Å². The first-order valence-electron chi connectivity index (χ1n) is 6.84. The molecule has 1 unspecified atom stereocenters. The summed E-state index contributed by atoms with van der Waals surface area (Å²) in [5.74, 6) is -0.333. The quantitative estimate of drug-likeness (QED) is 0.815. The minimum atomic E-state index is -0.333. The molecule has 0 radical (unpaired) electrons. The van der Waals surface area contributed by atoms with Crippen LogP contribution in [-0.2, 0) is 6.54 Å². The molecule has 3 heteroatoms. The molecular weight excluding hydrogens is 273 g/mol. The number of nitrogens with one attached hydrogen (secondary N) is 1. The molecule has 106 valence electrons. The van der Waals surface area contributed by atoms with E-state index in [2.05, 4.69) is 43.4 Å². The van der Waals surface area contributed by atoms with Crippen molar-refractivity contribution in [2.24, 2.45) is 0 Å². The smallest absolute Gasteiger partial charge is 0.146 e. The summed E-state index contributed by atoms with van der Waals surface area (Å²) in [6.07, 6.45) is 0.950. The van der Waals surface area contributed by atoms with Gasteiger partial charge >= 0.3 is 0 Å². The summed E-state index contributed by atoms with van der Waals surface area (Å²) in [4.78, 5) is 0. The van der Waals surface area contributed by atoms with Crippen LogP contribution in [0.25, 0.3) is 0 Å². The molecular formula is C17H19ClFN. The van der Waals surface area contributed by atoms with Crippen molar-refractivity contribution in [3.63, 3.8) is 0 Å². The fourth-order valence-corrected chi connectivity index (χ4v) is 2.41. The predicted molar refractivity (Wildman–Crippen MR) is 82.5 cm³/mol. The first-order chi connectivity index (χ1) is 9.61. The summed E-state index contributed by atoms with van der Waals surface area (Å²) in [5.41, 5.74) is 3.06. The largest absolute Gasteiger partial charge is 0.306 e. The number of rotatable bonds is 5. The molecule has 2 aromatic carbocycles. The Labute approximate surface area is 124 Å². The van der Waals surface area contributed by atoms with E-state index in [-0.39, 0.29) is 16.9 Å². The van der Waals surface area contributed by atoms with Gasteiger partial charge in [-0.2, -0.15) is 0 Å². The third-order valence-corrected chi connectivity index (χ3v) is 3.75. The molecule has 0 bridgehead atoms. The Balaban J connectivity index is 2.07. The van der Waals surface area contributed by atoms with E-state index in [1.807, 2.05) is 0 Å². The van der Waals surface area contributed by atoms with E-state index in [4.69, 9.17) is 11.6 Å². The van der Waals surface area contributed by atoms with Gasteiger partial charge in [0, 0.05) is 18.2 Å². The van der Waals surface area contributed by atoms with Gasteiger partial charge in [-0.15, -0.1) is 0 Å². The third kappa shape index (κ3) is 3.59. The zero-order valence-corrected chi connectivity index (χ0v) is 12.5. The average molecular weight is 292 g/mol. The summed E-state index contributed by atoms with van der Waals surface area (Å²) in [7, 11) is 0. The minimum Gasteiger partial charge on any atom is -0.306 e. The van der Waals surface area contributed by atoms with Gasteiger partial charge in [0.1, 0.15) is 5.82 Å². The molecule has 1 atom stereocenters. The van der Waals surface area contributed by atoms with Gasteiger partial charge in [-0.05, 0) is 25.0 Å². The summed E-state index contributed by atoms with van der Waals surface area (Å²) in [5, 5.41) is 3.56. The summed E-state index contributed by atoms with van der Waals surface area (Å²) >= 11 is 5.79. The number of hydrogen-bond acceptors (Lipinski definition) is 1. The van der Waals surface area contributed by atoms with Crippen molar-refractivity contribution in [2.45, 2.75) is 32.9 Å². The topological polar surface area (TPSA) is 12.0 Å². The van der Waals surface area contributed by atoms with Gasteiger partial charge in [-0.25, -0.2) is 4.39 Å². The van der Waals surface area contributed by atoms with Gasteiger partial charge in [-0.3, -0.25) is 0 Å². The molecule has 0 aromatic heterocycles. The predicted octanol–water partition coefficient (Wildman–Crippen LogP) is 5.03. The highest BCUT2D eigenvalue weighted by Crippen LogP contribution is 2.21. The fraction of sp³-hybridized carbons (Fsp3) is 0.294. The second kappa shape index (κ2) is 6.87. The fourth-order valence-electron chi connectivity index (χ4n) is 2.21. The normalized spacial score (nSPS) is 12.4. The molecule has 0 fully saturated rings. The van der Waals surface area contributed by atoms with Crippen LogP contribution in [-0.4, -0.2) is 0 Å². The maximum Gasteiger partial charge on any atom is 0.146 e. The molecule has 2 aromatic rings. The van der Waals surface area contributed by atoms with Crippen LogP contribution in [0.5, 0.6) is 0 Å². The SMILES string of the molecule is CCC(NCc1cccc(Cl)c1F)c1ccc(C)cc1. The van der Waals surface area contributed by atoms with Gasteiger partial charge in [0.2, 0.25) is 0 Å². The molecule has 0 aliphatic heterocycles. The molecule has 1 nitrogen and oxygen atoms in total. The standard InChI is InChI=1S/C17H19ClFN/c1-3-16(13-9-7-12(2)8-10-13)20-11-14-5-4-6-15(18)17(14)19/h4-10,16,20H,3,11H2,1-2H3. The molecule has 0 aliphatic rings. The molecule has 0 saturated heterocycles. The molecule has 1 N–H and O–H groups in total. The molecule has 0 aliphatic carbocycles. The van der Waals surface area contributed by atoms with Gasteiger partial charge in [0.25, 0.3) is 0 Å². The molecule has 0 saturated carbocycles. The Morgan fingerprint density at radius 2 is 1.85 bits per heavy atom. The summed E-state index contributed by atoms with van der Waals surface area (Å²) < 4.78 is 13.8. The minimum absolute atomic E-state index is 0.174. The van der Waals surface area contributed by atoms with Crippen LogP contribution in [0.4, 0.5) is 4.39 Å². The second-order valence-electron chi connectivity index (χ2n) is 4.97. The molecule has 0 spiro atoms. The Hall–Kier alpha value is -1.38. The summed E-state index contributed by atoms with van der Waals surface area (Å²) in [6, 6.07) is 13.7. The van der Waals surface area contributed by atoms with Crippen LogP contribution in [0.2, 0.25) is 5.02 Å². The van der Waals surface area contributed by atoms with Crippen LogP contribution in [0.3, 0.4) is 0 Å². The van der Waals surface area contributed by atoms with E-state index < -0.39 is 0 Å². The van der Waals surface area contributed by atoms with E-state index in [1.54, 1.807) is 18.2 Å². The van der Waals surface area contributed by atoms with Crippen molar-refractivity contribution in [1.29, 1.82) is 0 Å². The van der Waals surface area contributed by atoms with E-state index >= 15 is 0 Å². The Bertz CT molecular complexity index is 566. The number of aryl methyl sites for hydroxylation is 1. The van der Waals surface area contributed by atoms with Gasteiger partial charge < -0.3 is 5.32 Å². The average Bonchev–Trinajstić information content (AvgIpc) is 2.45. The lowest BCUT2D eigenvalue weighted by atomic mass is 10.0. The van der Waals surface area contributed by atoms with Gasteiger partial charge in [0.05, 0.1) is 5.02 Å². The van der Waals surface area contributed by atoms with E-state index in [9.17, 15) is 4.39 Å². The van der Waals surface area contributed by atoms with E-state index in [0.717, 1.165) is 6.42 Å². The lowest BCUT2D eigenvalue weighted by Crippen LogP contribution is -2.20. The maximum atomic E-state index is 13.8. The lowest BCUT2D eigenvalue weighted by molar-refractivity contribution is 0.504. The third-order valence-electron chi connectivity index (χ3n) is 3.46. The first-order valence-corrected chi connectivity index (χ1v) is 7.22. The van der Waals surface area contributed by atoms with Crippen LogP contribution in [0, 0.1) is 12.7 Å². The zero-order valence-electron chi connectivity index (χ0n) is 11.8. The van der Waals surface area contributed by atoms with Crippen LogP contribution in [0.15, 0.2) is 42.5 Å². The summed E-state index contributed by atoms with van der Waals surface area (Å²) in [6.45, 7) is 4.66. The monoisotopic (exact) mass is 291 g/mol. The lowest BCUT2D eigenvalue weighted by Gasteiger charge is -2.18. The van der Waals surface area contributed by atoms with Crippen molar-refractivity contribution in [2.75, 3.05) is 0 Å². The molecule has 2 rings (SSSR count). The molecule has 0 amide bonds. The highest BCUT2D eigenvalue weighted by molar-refractivity contribution is 6.30. The van der Waals surface area contributed by atoms with Crippen molar-refractivity contribution in [3.05, 3.63) is 70.0 Å². The van der Waals surface area contributed by atoms with Crippen molar-refractivity contribution >= 4 is 11.6 Å². The Morgan fingerprint density at radius 1 is 1.15 bits per heavy atom. The van der Waals surface area contributed by atoms with E-state index in [0.29, 0.717) is 12.1 Å². The number of hydrogen-bond donors (Lipinski definition) is 1. The number of benzene rings is 2. The highest BCUT2D eigenvalue weighted by Gasteiger charge is 2.11. The highest BCUT2D eigenvalue weighted by atomic mass is 35.5. The van der Waals surface area contributed by atoms with Crippen molar-refractivity contribution in [3.8, 4) is 0 Å². The van der Waals surface area contributed by atoms with Gasteiger partial charge in [0.15, 0.2) is 0 Å². The maximum absolute atomic E-state index is 13.8. The molecule has 20 heavy (non-hydrogen) atoms. The Kier molecular flexibility index (Phi) is 5.16. The van der Waals surface area contributed by atoms with Crippen molar-refractivity contribution in [1.82, 2.24) is 5.32 Å². The van der Waals surface area contributed by atoms with E-state index in [1.165, 1.54) is 11.1 Å². The second-order valence-corrected chi connectivity index (χ2v) is 5.37. The van der Waals surface area contributed by atoms with Gasteiger partial charge in [-0.1, -0.05) is 60.5 Å². The van der Waals surface area contributed by atoms with Crippen molar-refractivity contribution < 1.29 is 4.39 Å². The zero-order chi connectivity index (χ0) is 14.5. The van der Waals surface area contributed by atoms with Crippen LogP contribution >= 0.6 is 11.6 Å². The first kappa shape index (κ1) is 15.0.